The summed E-state index contributed by atoms with van der Waals surface area (Å²) in [5.74, 6) is 0.676. The highest BCUT2D eigenvalue weighted by Crippen LogP contribution is 2.38. The molecule has 1 aromatic carbocycles. The molecule has 1 heterocycles. The smallest absolute Gasteiger partial charge is 0.267 e. The van der Waals surface area contributed by atoms with Gasteiger partial charge in [-0.2, -0.15) is 0 Å². The molecule has 1 unspecified atom stereocenters. The van der Waals surface area contributed by atoms with Crippen molar-refractivity contribution < 1.29 is 0 Å². The van der Waals surface area contributed by atoms with Crippen molar-refractivity contribution in [1.82, 2.24) is 9.78 Å². The average molecular weight is 228 g/mol. The highest BCUT2D eigenvalue weighted by Gasteiger charge is 2.30. The number of nitrogens with one attached hydrogen (secondary N) is 1. The fourth-order valence-corrected chi connectivity index (χ4v) is 2.27. The van der Waals surface area contributed by atoms with Gasteiger partial charge in [0.05, 0.1) is 11.7 Å². The Morgan fingerprint density at radius 2 is 2.00 bits per heavy atom. The minimum absolute atomic E-state index is 0.0725. The van der Waals surface area contributed by atoms with Crippen molar-refractivity contribution in [3.05, 3.63) is 46.8 Å². The molecule has 0 saturated heterocycles. The molecule has 1 N–H and O–H groups in total. The van der Waals surface area contributed by atoms with Gasteiger partial charge < -0.3 is 0 Å². The van der Waals surface area contributed by atoms with E-state index < -0.39 is 0 Å². The summed E-state index contributed by atoms with van der Waals surface area (Å²) in [5.41, 5.74) is 2.04. The number of nitrogens with zero attached hydrogens (tertiary/aromatic N) is 1. The molecular formula is C14H16N2O. The summed E-state index contributed by atoms with van der Waals surface area (Å²) in [6.07, 6.45) is 2.49. The first-order valence-corrected chi connectivity index (χ1v) is 6.12. The summed E-state index contributed by atoms with van der Waals surface area (Å²) in [6, 6.07) is 11.9. The highest BCUT2D eigenvalue weighted by atomic mass is 16.1. The molecule has 3 heteroatoms. The Kier molecular flexibility index (Phi) is 2.39. The van der Waals surface area contributed by atoms with Crippen LogP contribution in [0.15, 0.2) is 41.2 Å². The topological polar surface area (TPSA) is 37.8 Å². The predicted molar refractivity (Wildman–Crippen MR) is 67.9 cm³/mol. The van der Waals surface area contributed by atoms with Crippen LogP contribution < -0.4 is 5.56 Å². The zero-order chi connectivity index (χ0) is 11.8. The third kappa shape index (κ3) is 1.93. The van der Waals surface area contributed by atoms with Crippen molar-refractivity contribution >= 4 is 0 Å². The van der Waals surface area contributed by atoms with E-state index in [0.717, 1.165) is 11.3 Å². The Morgan fingerprint density at radius 1 is 1.29 bits per heavy atom. The van der Waals surface area contributed by atoms with Crippen molar-refractivity contribution in [1.29, 1.82) is 0 Å². The molecule has 0 spiro atoms. The van der Waals surface area contributed by atoms with Crippen LogP contribution in [0.4, 0.5) is 0 Å². The molecular weight excluding hydrogens is 212 g/mol. The first-order valence-electron chi connectivity index (χ1n) is 6.12. The Morgan fingerprint density at radius 3 is 2.65 bits per heavy atom. The van der Waals surface area contributed by atoms with E-state index in [1.807, 2.05) is 30.3 Å². The van der Waals surface area contributed by atoms with Crippen LogP contribution in [0.2, 0.25) is 0 Å². The normalized spacial score (nSPS) is 17.0. The van der Waals surface area contributed by atoms with Gasteiger partial charge in [0, 0.05) is 6.07 Å². The van der Waals surface area contributed by atoms with Gasteiger partial charge in [-0.1, -0.05) is 30.3 Å². The van der Waals surface area contributed by atoms with Gasteiger partial charge in [-0.05, 0) is 31.2 Å². The van der Waals surface area contributed by atoms with Crippen molar-refractivity contribution in [2.24, 2.45) is 5.92 Å². The highest BCUT2D eigenvalue weighted by molar-refractivity contribution is 5.58. The van der Waals surface area contributed by atoms with E-state index in [1.165, 1.54) is 12.8 Å². The van der Waals surface area contributed by atoms with Gasteiger partial charge in [-0.3, -0.25) is 9.89 Å². The van der Waals surface area contributed by atoms with Crippen LogP contribution in [-0.2, 0) is 0 Å². The van der Waals surface area contributed by atoms with Gasteiger partial charge in [-0.15, -0.1) is 0 Å². The summed E-state index contributed by atoms with van der Waals surface area (Å²) in [4.78, 5) is 11.9. The van der Waals surface area contributed by atoms with Crippen LogP contribution in [0.3, 0.4) is 0 Å². The quantitative estimate of drug-likeness (QED) is 0.861. The van der Waals surface area contributed by atoms with Gasteiger partial charge in [0.2, 0.25) is 0 Å². The van der Waals surface area contributed by atoms with Crippen molar-refractivity contribution in [3.63, 3.8) is 0 Å². The number of aromatic amines is 1. The molecule has 0 radical (unpaired) electrons. The third-order valence-corrected chi connectivity index (χ3v) is 3.54. The van der Waals surface area contributed by atoms with E-state index >= 15 is 0 Å². The maximum absolute atomic E-state index is 11.9. The molecule has 0 amide bonds. The molecule has 1 saturated carbocycles. The number of aromatic nitrogens is 2. The summed E-state index contributed by atoms with van der Waals surface area (Å²) in [7, 11) is 0. The predicted octanol–water partition coefficient (Wildman–Crippen LogP) is 2.81. The summed E-state index contributed by atoms with van der Waals surface area (Å²) in [6.45, 7) is 2.12. The number of hydrogen-bond acceptors (Lipinski definition) is 1. The fourth-order valence-electron chi connectivity index (χ4n) is 2.27. The summed E-state index contributed by atoms with van der Waals surface area (Å²) >= 11 is 0. The van der Waals surface area contributed by atoms with Crippen LogP contribution in [0, 0.1) is 5.92 Å². The van der Waals surface area contributed by atoms with E-state index in [0.29, 0.717) is 12.0 Å². The lowest BCUT2D eigenvalue weighted by atomic mass is 10.2. The Labute approximate surface area is 100 Å². The lowest BCUT2D eigenvalue weighted by Crippen LogP contribution is -2.21. The Hall–Kier alpha value is -1.77. The molecule has 3 nitrogen and oxygen atoms in total. The van der Waals surface area contributed by atoms with E-state index in [9.17, 15) is 4.79 Å². The first-order chi connectivity index (χ1) is 8.25. The molecule has 3 rings (SSSR count). The maximum atomic E-state index is 11.9. The first kappa shape index (κ1) is 10.4. The van der Waals surface area contributed by atoms with Crippen LogP contribution in [0.1, 0.15) is 25.8 Å². The summed E-state index contributed by atoms with van der Waals surface area (Å²) in [5, 5.41) is 3.22. The Balaban J connectivity index is 1.98. The number of rotatable bonds is 3. The number of hydrogen-bond donors (Lipinski definition) is 1. The minimum Gasteiger partial charge on any atom is -0.295 e. The standard InChI is InChI=1S/C14H16N2O/c1-10(11-7-8-11)16-14(17)9-13(15-16)12-5-3-2-4-6-12/h2-6,9-11,15H,7-8H2,1H3. The average Bonchev–Trinajstić information content (AvgIpc) is 3.13. The molecule has 1 aromatic heterocycles. The van der Waals surface area contributed by atoms with E-state index in [-0.39, 0.29) is 5.56 Å². The SMILES string of the molecule is CC(C1CC1)n1[nH]c(-c2ccccc2)cc1=O. The van der Waals surface area contributed by atoms with Crippen molar-refractivity contribution in [3.8, 4) is 11.3 Å². The van der Waals surface area contributed by atoms with Crippen LogP contribution in [0.5, 0.6) is 0 Å². The van der Waals surface area contributed by atoms with E-state index in [1.54, 1.807) is 10.7 Å². The summed E-state index contributed by atoms with van der Waals surface area (Å²) < 4.78 is 1.76. The number of H-pyrrole nitrogens is 1. The molecule has 17 heavy (non-hydrogen) atoms. The van der Waals surface area contributed by atoms with Gasteiger partial charge >= 0.3 is 0 Å². The van der Waals surface area contributed by atoms with Crippen LogP contribution in [-0.4, -0.2) is 9.78 Å². The second-order valence-electron chi connectivity index (χ2n) is 4.82. The molecule has 1 aliphatic rings. The minimum atomic E-state index is 0.0725. The monoisotopic (exact) mass is 228 g/mol. The molecule has 88 valence electrons. The lowest BCUT2D eigenvalue weighted by molar-refractivity contribution is 0.430. The van der Waals surface area contributed by atoms with Gasteiger partial charge in [0.15, 0.2) is 0 Å². The zero-order valence-electron chi connectivity index (χ0n) is 9.89. The van der Waals surface area contributed by atoms with Gasteiger partial charge in [-0.25, -0.2) is 4.68 Å². The molecule has 2 aromatic rings. The van der Waals surface area contributed by atoms with Gasteiger partial charge in [0.25, 0.3) is 5.56 Å². The lowest BCUT2D eigenvalue weighted by Gasteiger charge is -2.10. The Bertz CT molecular complexity index is 563. The van der Waals surface area contributed by atoms with Crippen LogP contribution >= 0.6 is 0 Å². The second kappa shape index (κ2) is 3.91. The zero-order valence-corrected chi connectivity index (χ0v) is 9.89. The van der Waals surface area contributed by atoms with Gasteiger partial charge in [0.1, 0.15) is 0 Å². The largest absolute Gasteiger partial charge is 0.295 e. The second-order valence-corrected chi connectivity index (χ2v) is 4.82. The van der Waals surface area contributed by atoms with Crippen molar-refractivity contribution in [2.75, 3.05) is 0 Å². The van der Waals surface area contributed by atoms with E-state index in [4.69, 9.17) is 0 Å². The third-order valence-electron chi connectivity index (χ3n) is 3.54. The molecule has 0 aliphatic heterocycles. The molecule has 1 atom stereocenters. The molecule has 1 fully saturated rings. The maximum Gasteiger partial charge on any atom is 0.267 e. The fraction of sp³-hybridized carbons (Fsp3) is 0.357. The van der Waals surface area contributed by atoms with E-state index in [2.05, 4.69) is 12.0 Å². The van der Waals surface area contributed by atoms with Crippen LogP contribution in [0.25, 0.3) is 11.3 Å². The molecule has 0 bridgehead atoms. The number of benzene rings is 1. The van der Waals surface area contributed by atoms with Crippen molar-refractivity contribution in [2.45, 2.75) is 25.8 Å². The molecule has 1 aliphatic carbocycles.